The molecule has 0 aliphatic heterocycles. The molecular weight excluding hydrogens is 188 g/mol. The number of aromatic nitrogens is 3. The van der Waals surface area contributed by atoms with Gasteiger partial charge in [0.05, 0.1) is 5.69 Å². The molecule has 0 saturated carbocycles. The average Bonchev–Trinajstić information content (AvgIpc) is 2.46. The van der Waals surface area contributed by atoms with Crippen LogP contribution in [-0.4, -0.2) is 21.4 Å². The fourth-order valence-corrected chi connectivity index (χ4v) is 1.44. The van der Waals surface area contributed by atoms with Crippen LogP contribution in [0.5, 0.6) is 0 Å². The molecular formula is C8H9ClN4. The Kier molecular flexibility index (Phi) is 2.16. The van der Waals surface area contributed by atoms with E-state index in [0.29, 0.717) is 11.7 Å². The van der Waals surface area contributed by atoms with Crippen molar-refractivity contribution in [1.82, 2.24) is 19.7 Å². The molecule has 0 radical (unpaired) electrons. The molecule has 0 aliphatic rings. The van der Waals surface area contributed by atoms with Gasteiger partial charge in [0.2, 0.25) is 0 Å². The van der Waals surface area contributed by atoms with Crippen LogP contribution in [0.1, 0.15) is 5.69 Å². The number of hydrogen-bond acceptors (Lipinski definition) is 3. The van der Waals surface area contributed by atoms with Crippen molar-refractivity contribution in [1.29, 1.82) is 0 Å². The van der Waals surface area contributed by atoms with E-state index in [4.69, 9.17) is 11.6 Å². The summed E-state index contributed by atoms with van der Waals surface area (Å²) < 4.78 is 1.76. The highest BCUT2D eigenvalue weighted by molar-refractivity contribution is 6.30. The van der Waals surface area contributed by atoms with E-state index in [0.717, 1.165) is 11.3 Å². The van der Waals surface area contributed by atoms with Crippen molar-refractivity contribution in [2.45, 2.75) is 6.54 Å². The third-order valence-electron chi connectivity index (χ3n) is 1.78. The molecule has 2 heterocycles. The Morgan fingerprint density at radius 3 is 3.15 bits per heavy atom. The van der Waals surface area contributed by atoms with Gasteiger partial charge >= 0.3 is 0 Å². The number of hydrogen-bond donors (Lipinski definition) is 1. The third kappa shape index (κ3) is 1.38. The molecule has 0 fully saturated rings. The lowest BCUT2D eigenvalue weighted by Gasteiger charge is -1.93. The smallest absolute Gasteiger partial charge is 0.141 e. The largest absolute Gasteiger partial charge is 0.314 e. The molecule has 0 spiro atoms. The molecule has 0 aromatic carbocycles. The van der Waals surface area contributed by atoms with E-state index < -0.39 is 0 Å². The van der Waals surface area contributed by atoms with Gasteiger partial charge in [0.1, 0.15) is 17.1 Å². The van der Waals surface area contributed by atoms with Crippen LogP contribution >= 0.6 is 11.6 Å². The Hall–Kier alpha value is -1.13. The Bertz CT molecular complexity index is 423. The van der Waals surface area contributed by atoms with Crippen molar-refractivity contribution in [3.63, 3.8) is 0 Å². The summed E-state index contributed by atoms with van der Waals surface area (Å²) in [7, 11) is 1.86. The number of nitrogens with one attached hydrogen (secondary N) is 1. The first-order valence-corrected chi connectivity index (χ1v) is 4.32. The lowest BCUT2D eigenvalue weighted by Crippen LogP contribution is -2.05. The van der Waals surface area contributed by atoms with E-state index in [2.05, 4.69) is 15.3 Å². The van der Waals surface area contributed by atoms with Gasteiger partial charge in [-0.1, -0.05) is 11.6 Å². The molecule has 13 heavy (non-hydrogen) atoms. The van der Waals surface area contributed by atoms with E-state index in [-0.39, 0.29) is 0 Å². The van der Waals surface area contributed by atoms with Crippen molar-refractivity contribution < 1.29 is 0 Å². The van der Waals surface area contributed by atoms with Crippen LogP contribution in [0.3, 0.4) is 0 Å². The first-order chi connectivity index (χ1) is 6.33. The zero-order chi connectivity index (χ0) is 9.26. The van der Waals surface area contributed by atoms with Crippen molar-refractivity contribution in [3.8, 4) is 0 Å². The van der Waals surface area contributed by atoms with E-state index in [1.807, 2.05) is 13.1 Å². The van der Waals surface area contributed by atoms with Crippen molar-refractivity contribution in [3.05, 3.63) is 29.4 Å². The highest BCUT2D eigenvalue weighted by Gasteiger charge is 2.07. The fourth-order valence-electron chi connectivity index (χ4n) is 1.20. The predicted octanol–water partition coefficient (Wildman–Crippen LogP) is 1.10. The minimum atomic E-state index is 0.623. The summed E-state index contributed by atoms with van der Waals surface area (Å²) in [6, 6.07) is 1.82. The van der Waals surface area contributed by atoms with Gasteiger partial charge in [-0.05, 0) is 13.1 Å². The van der Waals surface area contributed by atoms with Gasteiger partial charge in [-0.3, -0.25) is 4.40 Å². The van der Waals surface area contributed by atoms with Crippen molar-refractivity contribution in [2.75, 3.05) is 7.05 Å². The maximum Gasteiger partial charge on any atom is 0.141 e. The summed E-state index contributed by atoms with van der Waals surface area (Å²) in [4.78, 5) is 8.30. The lowest BCUT2D eigenvalue weighted by molar-refractivity contribution is 0.798. The van der Waals surface area contributed by atoms with Gasteiger partial charge in [-0.25, -0.2) is 9.97 Å². The third-order valence-corrected chi connectivity index (χ3v) is 2.18. The van der Waals surface area contributed by atoms with Gasteiger partial charge in [0.25, 0.3) is 0 Å². The number of fused-ring (bicyclic) bond motifs is 1. The zero-order valence-electron chi connectivity index (χ0n) is 7.16. The first kappa shape index (κ1) is 8.47. The Labute approximate surface area is 80.6 Å². The zero-order valence-corrected chi connectivity index (χ0v) is 7.91. The maximum atomic E-state index is 6.06. The monoisotopic (exact) mass is 196 g/mol. The van der Waals surface area contributed by atoms with E-state index >= 15 is 0 Å². The van der Waals surface area contributed by atoms with Crippen LogP contribution in [0.4, 0.5) is 0 Å². The second-order valence-electron chi connectivity index (χ2n) is 2.69. The molecule has 2 aromatic heterocycles. The second-order valence-corrected chi connectivity index (χ2v) is 3.05. The SMILES string of the molecule is CNCc1nc2ccncn2c1Cl. The normalized spacial score (nSPS) is 10.9. The van der Waals surface area contributed by atoms with Crippen LogP contribution in [-0.2, 0) is 6.54 Å². The molecule has 0 bridgehead atoms. The van der Waals surface area contributed by atoms with Crippen molar-refractivity contribution in [2.24, 2.45) is 0 Å². The Morgan fingerprint density at radius 1 is 1.62 bits per heavy atom. The predicted molar refractivity (Wildman–Crippen MR) is 50.8 cm³/mol. The number of nitrogens with zero attached hydrogens (tertiary/aromatic N) is 3. The Morgan fingerprint density at radius 2 is 2.46 bits per heavy atom. The minimum Gasteiger partial charge on any atom is -0.314 e. The lowest BCUT2D eigenvalue weighted by atomic mass is 10.5. The summed E-state index contributed by atoms with van der Waals surface area (Å²) in [5, 5.41) is 3.63. The van der Waals surface area contributed by atoms with Gasteiger partial charge < -0.3 is 5.32 Å². The average molecular weight is 197 g/mol. The van der Waals surface area contributed by atoms with Crippen LogP contribution in [0.15, 0.2) is 18.6 Å². The summed E-state index contributed by atoms with van der Waals surface area (Å²) in [6.07, 6.45) is 3.35. The number of halogens is 1. The molecule has 0 aliphatic carbocycles. The molecule has 0 atom stereocenters. The first-order valence-electron chi connectivity index (χ1n) is 3.94. The minimum absolute atomic E-state index is 0.623. The summed E-state index contributed by atoms with van der Waals surface area (Å²) >= 11 is 6.06. The maximum absolute atomic E-state index is 6.06. The topological polar surface area (TPSA) is 42.2 Å². The summed E-state index contributed by atoms with van der Waals surface area (Å²) in [5.41, 5.74) is 1.67. The summed E-state index contributed by atoms with van der Waals surface area (Å²) in [5.74, 6) is 0. The number of rotatable bonds is 2. The van der Waals surface area contributed by atoms with Gasteiger partial charge in [-0.15, -0.1) is 0 Å². The van der Waals surface area contributed by atoms with Crippen LogP contribution < -0.4 is 5.32 Å². The van der Waals surface area contributed by atoms with Gasteiger partial charge in [-0.2, -0.15) is 0 Å². The van der Waals surface area contributed by atoms with E-state index in [1.165, 1.54) is 0 Å². The van der Waals surface area contributed by atoms with Crippen LogP contribution in [0, 0.1) is 0 Å². The summed E-state index contributed by atoms with van der Waals surface area (Å²) in [6.45, 7) is 0.667. The van der Waals surface area contributed by atoms with Gasteiger partial charge in [0, 0.05) is 12.7 Å². The van der Waals surface area contributed by atoms with Crippen LogP contribution in [0.2, 0.25) is 5.15 Å². The Balaban J connectivity index is 2.60. The molecule has 5 heteroatoms. The molecule has 4 nitrogen and oxygen atoms in total. The molecule has 0 saturated heterocycles. The standard InChI is InChI=1S/C8H9ClN4/c1-10-4-6-8(9)13-5-11-3-2-7(13)12-6/h2-3,5,10H,4H2,1H3. The highest BCUT2D eigenvalue weighted by Crippen LogP contribution is 2.16. The number of imidazole rings is 1. The highest BCUT2D eigenvalue weighted by atomic mass is 35.5. The van der Waals surface area contributed by atoms with E-state index in [9.17, 15) is 0 Å². The van der Waals surface area contributed by atoms with Crippen LogP contribution in [0.25, 0.3) is 5.65 Å². The molecule has 0 unspecified atom stereocenters. The quantitative estimate of drug-likeness (QED) is 0.782. The fraction of sp³-hybridized carbons (Fsp3) is 0.250. The molecule has 2 rings (SSSR count). The second kappa shape index (κ2) is 3.32. The molecule has 1 N–H and O–H groups in total. The van der Waals surface area contributed by atoms with Crippen molar-refractivity contribution >= 4 is 17.2 Å². The molecule has 68 valence electrons. The molecule has 2 aromatic rings. The molecule has 0 amide bonds. The van der Waals surface area contributed by atoms with Gasteiger partial charge in [0.15, 0.2) is 0 Å². The van der Waals surface area contributed by atoms with E-state index in [1.54, 1.807) is 16.9 Å².